The molecule has 0 spiro atoms. The molecule has 0 aliphatic carbocycles. The van der Waals surface area contributed by atoms with E-state index in [1.165, 1.54) is 0 Å². The number of hydrogen-bond acceptors (Lipinski definition) is 4. The highest BCUT2D eigenvalue weighted by Gasteiger charge is 2.05. The summed E-state index contributed by atoms with van der Waals surface area (Å²) in [5.41, 5.74) is 0. The summed E-state index contributed by atoms with van der Waals surface area (Å²) in [7, 11) is 1.66. The number of methoxy groups -OCH3 is 1. The molecule has 0 aliphatic rings. The van der Waals surface area contributed by atoms with E-state index in [4.69, 9.17) is 14.6 Å². The molecule has 1 aromatic rings. The van der Waals surface area contributed by atoms with Crippen LogP contribution in [0.3, 0.4) is 0 Å². The second kappa shape index (κ2) is 9.33. The Bertz CT molecular complexity index is 319. The second-order valence-corrected chi connectivity index (χ2v) is 4.83. The Morgan fingerprint density at radius 2 is 2.00 bits per heavy atom. The van der Waals surface area contributed by atoms with Crippen molar-refractivity contribution in [3.63, 3.8) is 0 Å². The molecule has 0 fully saturated rings. The predicted molar refractivity (Wildman–Crippen MR) is 75.0 cm³/mol. The van der Waals surface area contributed by atoms with Crippen LogP contribution in [0.25, 0.3) is 0 Å². The van der Waals surface area contributed by atoms with E-state index in [0.717, 1.165) is 16.6 Å². The summed E-state index contributed by atoms with van der Waals surface area (Å²) < 4.78 is 11.6. The first-order valence-electron chi connectivity index (χ1n) is 5.98. The molecular weight excluding hydrogens is 298 g/mol. The second-order valence-electron chi connectivity index (χ2n) is 3.92. The van der Waals surface area contributed by atoms with Crippen molar-refractivity contribution in [3.8, 4) is 5.75 Å². The van der Waals surface area contributed by atoms with Crippen LogP contribution >= 0.6 is 15.9 Å². The Morgan fingerprint density at radius 1 is 1.28 bits per heavy atom. The van der Waals surface area contributed by atoms with Gasteiger partial charge in [-0.2, -0.15) is 0 Å². The Morgan fingerprint density at radius 3 is 2.61 bits per heavy atom. The smallest absolute Gasteiger partial charge is 0.119 e. The zero-order valence-electron chi connectivity index (χ0n) is 10.6. The third kappa shape index (κ3) is 6.35. The van der Waals surface area contributed by atoms with Gasteiger partial charge in [-0.05, 0) is 30.7 Å². The number of rotatable bonds is 9. The van der Waals surface area contributed by atoms with Crippen LogP contribution < -0.4 is 10.1 Å². The molecule has 0 aromatic heterocycles. The number of halogens is 1. The maximum absolute atomic E-state index is 9.14. The molecular formula is C13H20BrNO3. The van der Waals surface area contributed by atoms with Crippen molar-refractivity contribution >= 4 is 15.9 Å². The molecule has 102 valence electrons. The van der Waals surface area contributed by atoms with Crippen molar-refractivity contribution < 1.29 is 14.6 Å². The highest BCUT2D eigenvalue weighted by molar-refractivity contribution is 9.10. The van der Waals surface area contributed by atoms with Gasteiger partial charge in [-0.3, -0.25) is 0 Å². The van der Waals surface area contributed by atoms with Crippen molar-refractivity contribution in [2.75, 3.05) is 33.5 Å². The Labute approximate surface area is 116 Å². The average molecular weight is 318 g/mol. The van der Waals surface area contributed by atoms with Gasteiger partial charge in [0.2, 0.25) is 0 Å². The number of benzene rings is 1. The summed E-state index contributed by atoms with van der Waals surface area (Å²) in [4.78, 5) is 0. The summed E-state index contributed by atoms with van der Waals surface area (Å²) in [6.45, 7) is 2.03. The summed E-state index contributed by atoms with van der Waals surface area (Å²) >= 11 is 3.37. The van der Waals surface area contributed by atoms with E-state index in [2.05, 4.69) is 21.2 Å². The zero-order valence-corrected chi connectivity index (χ0v) is 12.1. The number of aliphatic hydroxyl groups is 1. The first kappa shape index (κ1) is 15.4. The zero-order chi connectivity index (χ0) is 13.2. The van der Waals surface area contributed by atoms with Crippen LogP contribution in [0.5, 0.6) is 5.75 Å². The van der Waals surface area contributed by atoms with E-state index in [0.29, 0.717) is 19.8 Å². The third-order valence-electron chi connectivity index (χ3n) is 2.51. The van der Waals surface area contributed by atoms with Gasteiger partial charge in [0, 0.05) is 30.8 Å². The van der Waals surface area contributed by atoms with E-state index < -0.39 is 0 Å². The maximum atomic E-state index is 9.14. The summed E-state index contributed by atoms with van der Waals surface area (Å²) in [5, 5.41) is 12.4. The Kier molecular flexibility index (Phi) is 8.00. The molecule has 0 amide bonds. The van der Waals surface area contributed by atoms with Crippen molar-refractivity contribution in [2.45, 2.75) is 12.5 Å². The van der Waals surface area contributed by atoms with Crippen LogP contribution in [-0.2, 0) is 4.74 Å². The maximum Gasteiger partial charge on any atom is 0.119 e. The molecule has 1 aromatic carbocycles. The normalized spacial score (nSPS) is 12.4. The molecule has 0 saturated carbocycles. The first-order chi connectivity index (χ1) is 8.76. The van der Waals surface area contributed by atoms with Crippen LogP contribution in [0.2, 0.25) is 0 Å². The van der Waals surface area contributed by atoms with E-state index in [9.17, 15) is 0 Å². The number of nitrogens with one attached hydrogen (secondary N) is 1. The van der Waals surface area contributed by atoms with Crippen LogP contribution in [0, 0.1) is 0 Å². The summed E-state index contributed by atoms with van der Waals surface area (Å²) in [5.74, 6) is 0.845. The van der Waals surface area contributed by atoms with Gasteiger partial charge >= 0.3 is 0 Å². The van der Waals surface area contributed by atoms with E-state index >= 15 is 0 Å². The fraction of sp³-hybridized carbons (Fsp3) is 0.538. The lowest BCUT2D eigenvalue weighted by Gasteiger charge is -2.15. The van der Waals surface area contributed by atoms with Gasteiger partial charge in [-0.15, -0.1) is 0 Å². The minimum atomic E-state index is 0.0680. The monoisotopic (exact) mass is 317 g/mol. The Balaban J connectivity index is 2.15. The minimum Gasteiger partial charge on any atom is -0.492 e. The standard InChI is InChI=1S/C13H20BrNO3/c1-17-8-6-12(10-16)15-7-9-18-13-4-2-11(14)3-5-13/h2-5,12,15-16H,6-10H2,1H3. The van der Waals surface area contributed by atoms with Crippen molar-refractivity contribution in [3.05, 3.63) is 28.7 Å². The van der Waals surface area contributed by atoms with Crippen LogP contribution in [0.15, 0.2) is 28.7 Å². The molecule has 2 N–H and O–H groups in total. The third-order valence-corrected chi connectivity index (χ3v) is 3.04. The topological polar surface area (TPSA) is 50.7 Å². The molecule has 0 bridgehead atoms. The van der Waals surface area contributed by atoms with E-state index in [1.54, 1.807) is 7.11 Å². The molecule has 0 aliphatic heterocycles. The molecule has 1 atom stereocenters. The number of aliphatic hydroxyl groups excluding tert-OH is 1. The largest absolute Gasteiger partial charge is 0.492 e. The predicted octanol–water partition coefficient (Wildman–Crippen LogP) is 1.81. The Hall–Kier alpha value is -0.620. The number of hydrogen-bond donors (Lipinski definition) is 2. The first-order valence-corrected chi connectivity index (χ1v) is 6.77. The molecule has 4 nitrogen and oxygen atoms in total. The van der Waals surface area contributed by atoms with Crippen LogP contribution in [-0.4, -0.2) is 44.6 Å². The fourth-order valence-electron chi connectivity index (χ4n) is 1.48. The average Bonchev–Trinajstić information content (AvgIpc) is 2.40. The van der Waals surface area contributed by atoms with Crippen molar-refractivity contribution in [1.29, 1.82) is 0 Å². The van der Waals surface area contributed by atoms with Crippen LogP contribution in [0.4, 0.5) is 0 Å². The highest BCUT2D eigenvalue weighted by atomic mass is 79.9. The van der Waals surface area contributed by atoms with Crippen LogP contribution in [0.1, 0.15) is 6.42 Å². The molecule has 1 unspecified atom stereocenters. The van der Waals surface area contributed by atoms with Gasteiger partial charge in [0.25, 0.3) is 0 Å². The van der Waals surface area contributed by atoms with Crippen molar-refractivity contribution in [1.82, 2.24) is 5.32 Å². The van der Waals surface area contributed by atoms with E-state index in [-0.39, 0.29) is 12.6 Å². The molecule has 0 radical (unpaired) electrons. The minimum absolute atomic E-state index is 0.0680. The summed E-state index contributed by atoms with van der Waals surface area (Å²) in [6, 6.07) is 7.78. The van der Waals surface area contributed by atoms with Gasteiger partial charge in [-0.25, -0.2) is 0 Å². The summed E-state index contributed by atoms with van der Waals surface area (Å²) in [6.07, 6.45) is 0.797. The molecule has 0 heterocycles. The molecule has 5 heteroatoms. The number of ether oxygens (including phenoxy) is 2. The van der Waals surface area contributed by atoms with E-state index in [1.807, 2.05) is 24.3 Å². The van der Waals surface area contributed by atoms with Gasteiger partial charge in [0.05, 0.1) is 6.61 Å². The molecule has 0 saturated heterocycles. The lowest BCUT2D eigenvalue weighted by molar-refractivity contribution is 0.157. The van der Waals surface area contributed by atoms with Gasteiger partial charge in [0.1, 0.15) is 12.4 Å². The van der Waals surface area contributed by atoms with Gasteiger partial charge in [0.15, 0.2) is 0 Å². The quantitative estimate of drug-likeness (QED) is 0.682. The fourth-order valence-corrected chi connectivity index (χ4v) is 1.75. The lowest BCUT2D eigenvalue weighted by atomic mass is 10.2. The van der Waals surface area contributed by atoms with Gasteiger partial charge < -0.3 is 19.9 Å². The SMILES string of the molecule is COCCC(CO)NCCOc1ccc(Br)cc1. The highest BCUT2D eigenvalue weighted by Crippen LogP contribution is 2.15. The lowest BCUT2D eigenvalue weighted by Crippen LogP contribution is -2.36. The van der Waals surface area contributed by atoms with Gasteiger partial charge in [-0.1, -0.05) is 15.9 Å². The molecule has 18 heavy (non-hydrogen) atoms. The van der Waals surface area contributed by atoms with Crippen molar-refractivity contribution in [2.24, 2.45) is 0 Å². The molecule has 1 rings (SSSR count).